The lowest BCUT2D eigenvalue weighted by atomic mass is 9.86. The second-order valence-corrected chi connectivity index (χ2v) is 7.42. The molecule has 0 radical (unpaired) electrons. The van der Waals surface area contributed by atoms with E-state index < -0.39 is 0 Å². The molecule has 1 unspecified atom stereocenters. The molecule has 0 saturated heterocycles. The second-order valence-electron chi connectivity index (χ2n) is 7.42. The van der Waals surface area contributed by atoms with Gasteiger partial charge < -0.3 is 0 Å². The topological polar surface area (TPSA) is 12.4 Å². The maximum atomic E-state index is 5.24. The fraction of sp³-hybridized carbons (Fsp3) is 0.269. The third-order valence-corrected chi connectivity index (χ3v) is 5.89. The van der Waals surface area contributed by atoms with Crippen molar-refractivity contribution in [1.29, 1.82) is 0 Å². The Morgan fingerprint density at radius 3 is 1.37 bits per heavy atom. The quantitative estimate of drug-likeness (QED) is 0.455. The zero-order chi connectivity index (χ0) is 19.6. The van der Waals surface area contributed by atoms with E-state index in [2.05, 4.69) is 102 Å². The Hall–Kier alpha value is -2.67. The molecule has 3 rings (SSSR count). The number of hydrogen-bond acceptors (Lipinski definition) is 1. The summed E-state index contributed by atoms with van der Waals surface area (Å²) in [6, 6.07) is 21.1. The van der Waals surface area contributed by atoms with Gasteiger partial charge in [-0.25, -0.2) is 0 Å². The van der Waals surface area contributed by atoms with E-state index in [0.717, 1.165) is 16.8 Å². The molecule has 1 atom stereocenters. The summed E-state index contributed by atoms with van der Waals surface area (Å²) in [7, 11) is 0. The van der Waals surface area contributed by atoms with E-state index in [1.165, 1.54) is 33.4 Å². The molecule has 0 aliphatic rings. The minimum absolute atomic E-state index is 0.0958. The standard InChI is InChI=1S/C26H29N/c1-17-18(2)20(4)25(21(5)19(17)3)22(6)27-26(23-13-9-7-10-14-23)24-15-11-8-12-16-24/h7-16,22H,1-6H3. The molecule has 0 spiro atoms. The molecule has 0 aromatic heterocycles. The van der Waals surface area contributed by atoms with Crippen LogP contribution in [-0.4, -0.2) is 5.71 Å². The first-order valence-corrected chi connectivity index (χ1v) is 9.67. The third kappa shape index (κ3) is 3.73. The fourth-order valence-electron chi connectivity index (χ4n) is 3.92. The highest BCUT2D eigenvalue weighted by atomic mass is 14.8. The van der Waals surface area contributed by atoms with Gasteiger partial charge in [-0.1, -0.05) is 60.7 Å². The summed E-state index contributed by atoms with van der Waals surface area (Å²) >= 11 is 0. The highest BCUT2D eigenvalue weighted by Crippen LogP contribution is 2.32. The maximum absolute atomic E-state index is 5.24. The zero-order valence-corrected chi connectivity index (χ0v) is 17.3. The van der Waals surface area contributed by atoms with Crippen LogP contribution in [0, 0.1) is 34.6 Å². The van der Waals surface area contributed by atoms with Crippen molar-refractivity contribution >= 4 is 5.71 Å². The van der Waals surface area contributed by atoms with Crippen LogP contribution in [0.3, 0.4) is 0 Å². The molecular weight excluding hydrogens is 326 g/mol. The van der Waals surface area contributed by atoms with E-state index in [1.807, 2.05) is 0 Å². The van der Waals surface area contributed by atoms with Gasteiger partial charge in [0.15, 0.2) is 0 Å². The summed E-state index contributed by atoms with van der Waals surface area (Å²) in [4.78, 5) is 5.24. The van der Waals surface area contributed by atoms with Gasteiger partial charge in [0.1, 0.15) is 0 Å². The van der Waals surface area contributed by atoms with Crippen LogP contribution in [-0.2, 0) is 0 Å². The number of rotatable bonds is 4. The van der Waals surface area contributed by atoms with Gasteiger partial charge in [0.05, 0.1) is 11.8 Å². The average Bonchev–Trinajstić information content (AvgIpc) is 2.70. The Balaban J connectivity index is 2.18. The maximum Gasteiger partial charge on any atom is 0.0733 e. The molecule has 0 amide bonds. The van der Waals surface area contributed by atoms with Crippen molar-refractivity contribution in [1.82, 2.24) is 0 Å². The number of hydrogen-bond donors (Lipinski definition) is 0. The first-order chi connectivity index (χ1) is 12.9. The summed E-state index contributed by atoms with van der Waals surface area (Å²) in [6.07, 6.45) is 0. The lowest BCUT2D eigenvalue weighted by Crippen LogP contribution is -2.09. The van der Waals surface area contributed by atoms with Crippen molar-refractivity contribution in [3.05, 3.63) is 105 Å². The molecule has 1 nitrogen and oxygen atoms in total. The van der Waals surface area contributed by atoms with Crippen LogP contribution in [0.1, 0.15) is 57.5 Å². The van der Waals surface area contributed by atoms with Crippen LogP contribution in [0.25, 0.3) is 0 Å². The third-order valence-electron chi connectivity index (χ3n) is 5.89. The van der Waals surface area contributed by atoms with Gasteiger partial charge in [0, 0.05) is 11.1 Å². The van der Waals surface area contributed by atoms with Crippen molar-refractivity contribution in [3.8, 4) is 0 Å². The van der Waals surface area contributed by atoms with Gasteiger partial charge in [-0.3, -0.25) is 4.99 Å². The van der Waals surface area contributed by atoms with Gasteiger partial charge in [-0.2, -0.15) is 0 Å². The largest absolute Gasteiger partial charge is 0.276 e. The van der Waals surface area contributed by atoms with E-state index in [1.54, 1.807) is 0 Å². The summed E-state index contributed by atoms with van der Waals surface area (Å²) in [5, 5.41) is 0. The van der Waals surface area contributed by atoms with Crippen molar-refractivity contribution < 1.29 is 0 Å². The van der Waals surface area contributed by atoms with Crippen molar-refractivity contribution in [2.24, 2.45) is 4.99 Å². The molecule has 0 aliphatic carbocycles. The minimum atomic E-state index is 0.0958. The summed E-state index contributed by atoms with van der Waals surface area (Å²) in [5.41, 5.74) is 11.6. The molecule has 0 fully saturated rings. The zero-order valence-electron chi connectivity index (χ0n) is 17.3. The second kappa shape index (κ2) is 7.92. The van der Waals surface area contributed by atoms with Gasteiger partial charge in [0.2, 0.25) is 0 Å². The summed E-state index contributed by atoms with van der Waals surface area (Å²) in [6.45, 7) is 13.4. The van der Waals surface area contributed by atoms with Crippen molar-refractivity contribution in [2.75, 3.05) is 0 Å². The SMILES string of the molecule is Cc1c(C)c(C)c(C(C)N=C(c2ccccc2)c2ccccc2)c(C)c1C. The van der Waals surface area contributed by atoms with Gasteiger partial charge in [-0.05, 0) is 74.9 Å². The Morgan fingerprint density at radius 1 is 0.593 bits per heavy atom. The highest BCUT2D eigenvalue weighted by Gasteiger charge is 2.18. The van der Waals surface area contributed by atoms with Gasteiger partial charge in [-0.15, -0.1) is 0 Å². The van der Waals surface area contributed by atoms with Gasteiger partial charge in [0.25, 0.3) is 0 Å². The van der Waals surface area contributed by atoms with E-state index >= 15 is 0 Å². The molecule has 1 heteroatoms. The average molecular weight is 356 g/mol. The lowest BCUT2D eigenvalue weighted by molar-refractivity contribution is 0.798. The van der Waals surface area contributed by atoms with Gasteiger partial charge >= 0.3 is 0 Å². The van der Waals surface area contributed by atoms with Crippen LogP contribution in [0.5, 0.6) is 0 Å². The molecule has 0 bridgehead atoms. The summed E-state index contributed by atoms with van der Waals surface area (Å²) < 4.78 is 0. The van der Waals surface area contributed by atoms with Crippen LogP contribution in [0.2, 0.25) is 0 Å². The molecule has 0 N–H and O–H groups in total. The smallest absolute Gasteiger partial charge is 0.0733 e. The molecule has 0 aliphatic heterocycles. The number of aliphatic imine (C=N–C) groups is 1. The minimum Gasteiger partial charge on any atom is -0.276 e. The number of nitrogens with zero attached hydrogens (tertiary/aromatic N) is 1. The molecule has 0 heterocycles. The van der Waals surface area contributed by atoms with Crippen LogP contribution in [0.4, 0.5) is 0 Å². The van der Waals surface area contributed by atoms with Crippen molar-refractivity contribution in [2.45, 2.75) is 47.6 Å². The molecule has 3 aromatic carbocycles. The molecule has 3 aromatic rings. The highest BCUT2D eigenvalue weighted by molar-refractivity contribution is 6.13. The van der Waals surface area contributed by atoms with E-state index in [4.69, 9.17) is 4.99 Å². The van der Waals surface area contributed by atoms with Crippen molar-refractivity contribution in [3.63, 3.8) is 0 Å². The fourth-order valence-corrected chi connectivity index (χ4v) is 3.92. The molecule has 0 saturated carbocycles. The molecule has 27 heavy (non-hydrogen) atoms. The predicted molar refractivity (Wildman–Crippen MR) is 117 cm³/mol. The lowest BCUT2D eigenvalue weighted by Gasteiger charge is -2.22. The van der Waals surface area contributed by atoms with Crippen LogP contribution >= 0.6 is 0 Å². The first kappa shape index (κ1) is 19.1. The normalized spacial score (nSPS) is 11.9. The van der Waals surface area contributed by atoms with E-state index in [-0.39, 0.29) is 6.04 Å². The monoisotopic (exact) mass is 355 g/mol. The molecule has 138 valence electrons. The Bertz CT molecular complexity index is 896. The number of benzene rings is 3. The summed E-state index contributed by atoms with van der Waals surface area (Å²) in [5.74, 6) is 0. The Labute approximate surface area is 163 Å². The predicted octanol–water partition coefficient (Wildman–Crippen LogP) is 6.83. The van der Waals surface area contributed by atoms with Crippen LogP contribution in [0.15, 0.2) is 65.7 Å². The molecular formula is C26H29N. The Morgan fingerprint density at radius 2 is 0.963 bits per heavy atom. The van der Waals surface area contributed by atoms with Crippen LogP contribution < -0.4 is 0 Å². The van der Waals surface area contributed by atoms with E-state index in [0.29, 0.717) is 0 Å². The van der Waals surface area contributed by atoms with E-state index in [9.17, 15) is 0 Å². The first-order valence-electron chi connectivity index (χ1n) is 9.67. The Kier molecular flexibility index (Phi) is 5.60.